The van der Waals surface area contributed by atoms with E-state index in [4.69, 9.17) is 40.4 Å². The van der Waals surface area contributed by atoms with Gasteiger partial charge in [-0.05, 0) is 6.07 Å². The lowest BCUT2D eigenvalue weighted by Crippen LogP contribution is -2.26. The Kier molecular flexibility index (Phi) is 4.30. The molecular formula is C9H9Cl2N5O. The van der Waals surface area contributed by atoms with Crippen LogP contribution in [0.5, 0.6) is 0 Å². The second kappa shape index (κ2) is 5.51. The van der Waals surface area contributed by atoms with E-state index in [1.54, 1.807) is 12.1 Å². The SMILES string of the molecule is NC(=O)/C(=N\N=C(N)N)c1cccc(Cl)c1Cl. The van der Waals surface area contributed by atoms with Gasteiger partial charge in [-0.25, -0.2) is 0 Å². The third-order valence-corrected chi connectivity index (χ3v) is 2.52. The Morgan fingerprint density at radius 1 is 1.12 bits per heavy atom. The smallest absolute Gasteiger partial charge is 0.269 e. The van der Waals surface area contributed by atoms with Gasteiger partial charge in [0.1, 0.15) is 0 Å². The molecule has 1 aromatic carbocycles. The number of hydrogen-bond donors (Lipinski definition) is 3. The Hall–Kier alpha value is -1.79. The predicted octanol–water partition coefficient (Wildman–Crippen LogP) is 0.456. The van der Waals surface area contributed by atoms with Crippen LogP contribution in [0.1, 0.15) is 5.56 Å². The molecule has 0 saturated heterocycles. The maximum Gasteiger partial charge on any atom is 0.269 e. The summed E-state index contributed by atoms with van der Waals surface area (Å²) >= 11 is 11.7. The third-order valence-electron chi connectivity index (χ3n) is 1.71. The fraction of sp³-hybridized carbons (Fsp3) is 0. The molecule has 0 bridgehead atoms. The van der Waals surface area contributed by atoms with E-state index >= 15 is 0 Å². The molecule has 17 heavy (non-hydrogen) atoms. The molecule has 0 unspecified atom stereocenters. The molecule has 1 rings (SSSR count). The van der Waals surface area contributed by atoms with Crippen LogP contribution in [-0.2, 0) is 4.79 Å². The number of benzene rings is 1. The molecule has 0 saturated carbocycles. The first-order valence-electron chi connectivity index (χ1n) is 4.34. The Morgan fingerprint density at radius 3 is 2.29 bits per heavy atom. The molecule has 1 amide bonds. The highest BCUT2D eigenvalue weighted by molar-refractivity contribution is 6.51. The highest BCUT2D eigenvalue weighted by atomic mass is 35.5. The van der Waals surface area contributed by atoms with Crippen molar-refractivity contribution in [3.63, 3.8) is 0 Å². The van der Waals surface area contributed by atoms with Crippen LogP contribution in [0, 0.1) is 0 Å². The van der Waals surface area contributed by atoms with E-state index in [1.807, 2.05) is 0 Å². The molecule has 0 aliphatic carbocycles. The van der Waals surface area contributed by atoms with Crippen molar-refractivity contribution in [2.24, 2.45) is 27.4 Å². The zero-order valence-corrected chi connectivity index (χ0v) is 10.0. The first kappa shape index (κ1) is 13.3. The van der Waals surface area contributed by atoms with Crippen LogP contribution in [0.15, 0.2) is 28.4 Å². The summed E-state index contributed by atoms with van der Waals surface area (Å²) in [7, 11) is 0. The molecule has 6 N–H and O–H groups in total. The molecule has 8 heteroatoms. The predicted molar refractivity (Wildman–Crippen MR) is 68.0 cm³/mol. The average molecular weight is 274 g/mol. The highest BCUT2D eigenvalue weighted by Gasteiger charge is 2.15. The van der Waals surface area contributed by atoms with Crippen LogP contribution >= 0.6 is 23.2 Å². The van der Waals surface area contributed by atoms with E-state index < -0.39 is 5.91 Å². The molecule has 0 aromatic heterocycles. The van der Waals surface area contributed by atoms with Gasteiger partial charge in [-0.2, -0.15) is 0 Å². The van der Waals surface area contributed by atoms with E-state index in [0.717, 1.165) is 0 Å². The van der Waals surface area contributed by atoms with Crippen LogP contribution in [-0.4, -0.2) is 17.6 Å². The van der Waals surface area contributed by atoms with Crippen molar-refractivity contribution >= 4 is 40.8 Å². The van der Waals surface area contributed by atoms with E-state index in [1.165, 1.54) is 6.07 Å². The van der Waals surface area contributed by atoms with Crippen LogP contribution in [0.25, 0.3) is 0 Å². The number of nitrogens with zero attached hydrogens (tertiary/aromatic N) is 2. The minimum absolute atomic E-state index is 0.150. The largest absolute Gasteiger partial charge is 0.369 e. The molecule has 0 heterocycles. The molecule has 0 fully saturated rings. The maximum absolute atomic E-state index is 11.2. The fourth-order valence-corrected chi connectivity index (χ4v) is 1.42. The number of nitrogens with two attached hydrogens (primary N) is 3. The molecule has 0 aliphatic heterocycles. The van der Waals surface area contributed by atoms with Crippen molar-refractivity contribution in [2.45, 2.75) is 0 Å². The monoisotopic (exact) mass is 273 g/mol. The van der Waals surface area contributed by atoms with E-state index in [-0.39, 0.29) is 27.3 Å². The Balaban J connectivity index is 3.34. The Morgan fingerprint density at radius 2 is 1.76 bits per heavy atom. The summed E-state index contributed by atoms with van der Waals surface area (Å²) in [6.07, 6.45) is 0. The van der Waals surface area contributed by atoms with Gasteiger partial charge in [-0.1, -0.05) is 35.3 Å². The number of rotatable bonds is 3. The van der Waals surface area contributed by atoms with E-state index in [9.17, 15) is 4.79 Å². The van der Waals surface area contributed by atoms with Crippen molar-refractivity contribution in [2.75, 3.05) is 0 Å². The first-order chi connectivity index (χ1) is 7.93. The third kappa shape index (κ3) is 3.33. The molecule has 6 nitrogen and oxygen atoms in total. The van der Waals surface area contributed by atoms with Gasteiger partial charge in [0.25, 0.3) is 5.91 Å². The standard InChI is InChI=1S/C9H9Cl2N5O/c10-5-3-1-2-4(6(5)11)7(8(12)17)15-16-9(13)14/h1-3H,(H2,12,17)(H4,13,14,16)/b15-7-. The van der Waals surface area contributed by atoms with Crippen molar-refractivity contribution < 1.29 is 4.79 Å². The van der Waals surface area contributed by atoms with Gasteiger partial charge in [-0.3, -0.25) is 4.79 Å². The van der Waals surface area contributed by atoms with Gasteiger partial charge < -0.3 is 17.2 Å². The summed E-state index contributed by atoms with van der Waals surface area (Å²) in [4.78, 5) is 11.2. The van der Waals surface area contributed by atoms with Gasteiger partial charge in [0.05, 0.1) is 10.0 Å². The van der Waals surface area contributed by atoms with Gasteiger partial charge in [0, 0.05) is 5.56 Å². The zero-order valence-electron chi connectivity index (χ0n) is 8.52. The second-order valence-corrected chi connectivity index (χ2v) is 3.72. The van der Waals surface area contributed by atoms with Crippen molar-refractivity contribution in [1.29, 1.82) is 0 Å². The van der Waals surface area contributed by atoms with Crippen LogP contribution in [0.3, 0.4) is 0 Å². The Bertz CT molecular complexity index is 508. The lowest BCUT2D eigenvalue weighted by atomic mass is 10.1. The zero-order chi connectivity index (χ0) is 13.0. The van der Waals surface area contributed by atoms with E-state index in [2.05, 4.69) is 10.2 Å². The average Bonchev–Trinajstić information content (AvgIpc) is 2.23. The minimum Gasteiger partial charge on any atom is -0.369 e. The summed E-state index contributed by atoms with van der Waals surface area (Å²) in [5.41, 5.74) is 15.4. The number of guanidine groups is 1. The minimum atomic E-state index is -0.820. The van der Waals surface area contributed by atoms with Gasteiger partial charge in [0.15, 0.2) is 5.71 Å². The Labute approximate surface area is 107 Å². The number of hydrogen-bond acceptors (Lipinski definition) is 3. The molecule has 0 aliphatic rings. The number of amides is 1. The summed E-state index contributed by atoms with van der Waals surface area (Å²) in [5, 5.41) is 7.30. The highest BCUT2D eigenvalue weighted by Crippen LogP contribution is 2.26. The molecule has 0 atom stereocenters. The van der Waals surface area contributed by atoms with Crippen molar-refractivity contribution in [1.82, 2.24) is 0 Å². The fourth-order valence-electron chi connectivity index (χ4n) is 1.03. The molecule has 0 radical (unpaired) electrons. The van der Waals surface area contributed by atoms with Gasteiger partial charge in [-0.15, -0.1) is 10.2 Å². The summed E-state index contributed by atoms with van der Waals surface area (Å²) in [6.45, 7) is 0. The summed E-state index contributed by atoms with van der Waals surface area (Å²) < 4.78 is 0. The second-order valence-electron chi connectivity index (χ2n) is 2.94. The van der Waals surface area contributed by atoms with Crippen molar-refractivity contribution in [3.8, 4) is 0 Å². The van der Waals surface area contributed by atoms with Gasteiger partial charge >= 0.3 is 0 Å². The summed E-state index contributed by atoms with van der Waals surface area (Å²) in [6, 6.07) is 4.68. The number of carbonyl (C=O) groups excluding carboxylic acids is 1. The lowest BCUT2D eigenvalue weighted by molar-refractivity contribution is -0.111. The summed E-state index contributed by atoms with van der Waals surface area (Å²) in [5.74, 6) is -1.12. The number of carbonyl (C=O) groups is 1. The van der Waals surface area contributed by atoms with E-state index in [0.29, 0.717) is 0 Å². The lowest BCUT2D eigenvalue weighted by Gasteiger charge is -2.04. The normalized spacial score (nSPS) is 11.1. The van der Waals surface area contributed by atoms with Crippen molar-refractivity contribution in [3.05, 3.63) is 33.8 Å². The maximum atomic E-state index is 11.2. The van der Waals surface area contributed by atoms with Gasteiger partial charge in [0.2, 0.25) is 5.96 Å². The first-order valence-corrected chi connectivity index (χ1v) is 5.10. The molecule has 0 spiro atoms. The number of halogens is 2. The number of primary amides is 1. The van der Waals surface area contributed by atoms with Crippen LogP contribution in [0.4, 0.5) is 0 Å². The quantitative estimate of drug-likeness (QED) is 0.421. The molecule has 1 aromatic rings. The van der Waals surface area contributed by atoms with Crippen LogP contribution < -0.4 is 17.2 Å². The topological polar surface area (TPSA) is 120 Å². The molecular weight excluding hydrogens is 265 g/mol. The molecule has 90 valence electrons. The van der Waals surface area contributed by atoms with Crippen LogP contribution in [0.2, 0.25) is 10.0 Å².